The van der Waals surface area contributed by atoms with Gasteiger partial charge in [0.05, 0.1) is 11.4 Å². The molecule has 0 fully saturated rings. The monoisotopic (exact) mass is 234 g/mol. The van der Waals surface area contributed by atoms with Crippen LogP contribution in [0, 0.1) is 0 Å². The van der Waals surface area contributed by atoms with Crippen LogP contribution in [0.1, 0.15) is 46.0 Å². The molecule has 2 heteroatoms. The second kappa shape index (κ2) is 7.99. The molecule has 0 saturated carbocycles. The Labute approximate surface area is 106 Å². The van der Waals surface area contributed by atoms with Gasteiger partial charge >= 0.3 is 0 Å². The molecule has 0 aromatic heterocycles. The van der Waals surface area contributed by atoms with Gasteiger partial charge in [0.15, 0.2) is 0 Å². The summed E-state index contributed by atoms with van der Waals surface area (Å²) in [6.45, 7) is 6.69. The molecular formula is C15H26N2. The largest absolute Gasteiger partial charge is 0.397 e. The fourth-order valence-corrected chi connectivity index (χ4v) is 2.13. The standard InChI is InChI=1S/C15H26N2/c1-3-5-6-9-13-17(12-4-2)15-11-8-7-10-14(15)16/h7-8,10-11H,3-6,9,12-13,16H2,1-2H3. The Morgan fingerprint density at radius 2 is 1.71 bits per heavy atom. The normalized spacial score (nSPS) is 10.5. The first-order valence-corrected chi connectivity index (χ1v) is 6.89. The number of para-hydroxylation sites is 2. The van der Waals surface area contributed by atoms with Crippen LogP contribution in [0.2, 0.25) is 0 Å². The lowest BCUT2D eigenvalue weighted by atomic mass is 10.1. The van der Waals surface area contributed by atoms with E-state index in [9.17, 15) is 0 Å². The zero-order valence-corrected chi connectivity index (χ0v) is 11.3. The molecule has 0 atom stereocenters. The molecule has 0 heterocycles. The van der Waals surface area contributed by atoms with Gasteiger partial charge in [-0.05, 0) is 25.0 Å². The molecule has 1 aromatic rings. The van der Waals surface area contributed by atoms with Crippen molar-refractivity contribution in [3.05, 3.63) is 24.3 Å². The summed E-state index contributed by atoms with van der Waals surface area (Å²) in [5.74, 6) is 0. The van der Waals surface area contributed by atoms with Crippen LogP contribution < -0.4 is 10.6 Å². The molecule has 96 valence electrons. The Bertz CT molecular complexity index is 310. The number of hydrogen-bond acceptors (Lipinski definition) is 2. The Morgan fingerprint density at radius 1 is 0.941 bits per heavy atom. The van der Waals surface area contributed by atoms with E-state index in [4.69, 9.17) is 5.73 Å². The summed E-state index contributed by atoms with van der Waals surface area (Å²) in [7, 11) is 0. The van der Waals surface area contributed by atoms with E-state index in [2.05, 4.69) is 30.9 Å². The predicted octanol–water partition coefficient (Wildman–Crippen LogP) is 4.07. The maximum Gasteiger partial charge on any atom is 0.0599 e. The molecule has 0 bridgehead atoms. The van der Waals surface area contributed by atoms with Crippen molar-refractivity contribution >= 4 is 11.4 Å². The topological polar surface area (TPSA) is 29.3 Å². The zero-order chi connectivity index (χ0) is 12.5. The highest BCUT2D eigenvalue weighted by Crippen LogP contribution is 2.23. The molecule has 0 spiro atoms. The molecule has 0 amide bonds. The number of nitrogens with two attached hydrogens (primary N) is 1. The van der Waals surface area contributed by atoms with Gasteiger partial charge in [0.1, 0.15) is 0 Å². The minimum Gasteiger partial charge on any atom is -0.397 e. The van der Waals surface area contributed by atoms with Crippen molar-refractivity contribution in [2.75, 3.05) is 23.7 Å². The van der Waals surface area contributed by atoms with Crippen molar-refractivity contribution in [2.24, 2.45) is 0 Å². The number of rotatable bonds is 8. The van der Waals surface area contributed by atoms with E-state index < -0.39 is 0 Å². The third kappa shape index (κ3) is 4.68. The molecule has 1 rings (SSSR count). The first-order chi connectivity index (χ1) is 8.29. The molecule has 0 aliphatic carbocycles. The number of unbranched alkanes of at least 4 members (excludes halogenated alkanes) is 3. The van der Waals surface area contributed by atoms with Gasteiger partial charge < -0.3 is 10.6 Å². The quantitative estimate of drug-likeness (QED) is 0.543. The van der Waals surface area contributed by atoms with Crippen molar-refractivity contribution in [2.45, 2.75) is 46.0 Å². The smallest absolute Gasteiger partial charge is 0.0599 e. The van der Waals surface area contributed by atoms with Crippen molar-refractivity contribution in [1.82, 2.24) is 0 Å². The molecule has 0 unspecified atom stereocenters. The van der Waals surface area contributed by atoms with Crippen molar-refractivity contribution < 1.29 is 0 Å². The molecule has 2 nitrogen and oxygen atoms in total. The highest BCUT2D eigenvalue weighted by atomic mass is 15.1. The molecule has 0 aliphatic rings. The van der Waals surface area contributed by atoms with E-state index in [0.29, 0.717) is 0 Å². The minimum atomic E-state index is 0.899. The molecule has 0 radical (unpaired) electrons. The minimum absolute atomic E-state index is 0.899. The van der Waals surface area contributed by atoms with Gasteiger partial charge in [0.2, 0.25) is 0 Å². The van der Waals surface area contributed by atoms with Crippen LogP contribution in [0.25, 0.3) is 0 Å². The van der Waals surface area contributed by atoms with Crippen molar-refractivity contribution in [1.29, 1.82) is 0 Å². The van der Waals surface area contributed by atoms with Gasteiger partial charge in [-0.25, -0.2) is 0 Å². The lowest BCUT2D eigenvalue weighted by Crippen LogP contribution is -2.26. The Morgan fingerprint density at radius 3 is 2.35 bits per heavy atom. The SMILES string of the molecule is CCCCCCN(CCC)c1ccccc1N. The summed E-state index contributed by atoms with van der Waals surface area (Å²) in [6.07, 6.45) is 6.39. The fourth-order valence-electron chi connectivity index (χ4n) is 2.13. The fraction of sp³-hybridized carbons (Fsp3) is 0.600. The van der Waals surface area contributed by atoms with Crippen LogP contribution in [0.4, 0.5) is 11.4 Å². The first kappa shape index (κ1) is 13.9. The van der Waals surface area contributed by atoms with Crippen LogP contribution in [0.5, 0.6) is 0 Å². The predicted molar refractivity (Wildman–Crippen MR) is 77.5 cm³/mol. The van der Waals surface area contributed by atoms with Crippen LogP contribution in [-0.4, -0.2) is 13.1 Å². The van der Waals surface area contributed by atoms with Crippen molar-refractivity contribution in [3.63, 3.8) is 0 Å². The van der Waals surface area contributed by atoms with E-state index in [1.807, 2.05) is 12.1 Å². The third-order valence-corrected chi connectivity index (χ3v) is 3.05. The molecule has 1 aromatic carbocycles. The van der Waals surface area contributed by atoms with Crippen LogP contribution in [0.3, 0.4) is 0 Å². The van der Waals surface area contributed by atoms with Crippen molar-refractivity contribution in [3.8, 4) is 0 Å². The Balaban J connectivity index is 2.56. The molecule has 2 N–H and O–H groups in total. The first-order valence-electron chi connectivity index (χ1n) is 6.89. The van der Waals surface area contributed by atoms with Gasteiger partial charge in [0.25, 0.3) is 0 Å². The van der Waals surface area contributed by atoms with Gasteiger partial charge in [0, 0.05) is 13.1 Å². The molecule has 0 saturated heterocycles. The van der Waals surface area contributed by atoms with Crippen LogP contribution in [0.15, 0.2) is 24.3 Å². The highest BCUT2D eigenvalue weighted by Gasteiger charge is 2.07. The number of benzene rings is 1. The Kier molecular flexibility index (Phi) is 6.53. The highest BCUT2D eigenvalue weighted by molar-refractivity contribution is 5.67. The van der Waals surface area contributed by atoms with Gasteiger partial charge in [-0.1, -0.05) is 45.2 Å². The maximum absolute atomic E-state index is 6.04. The second-order valence-corrected chi connectivity index (χ2v) is 4.61. The average molecular weight is 234 g/mol. The number of anilines is 2. The zero-order valence-electron chi connectivity index (χ0n) is 11.3. The molecular weight excluding hydrogens is 208 g/mol. The van der Waals surface area contributed by atoms with Crippen LogP contribution in [-0.2, 0) is 0 Å². The van der Waals surface area contributed by atoms with E-state index in [0.717, 1.165) is 18.8 Å². The summed E-state index contributed by atoms with van der Waals surface area (Å²) in [4.78, 5) is 2.42. The van der Waals surface area contributed by atoms with E-state index >= 15 is 0 Å². The maximum atomic E-state index is 6.04. The Hall–Kier alpha value is -1.18. The lowest BCUT2D eigenvalue weighted by molar-refractivity contribution is 0.639. The summed E-state index contributed by atoms with van der Waals surface area (Å²) in [6, 6.07) is 8.19. The van der Waals surface area contributed by atoms with Gasteiger partial charge in [-0.3, -0.25) is 0 Å². The summed E-state index contributed by atoms with van der Waals surface area (Å²) >= 11 is 0. The summed E-state index contributed by atoms with van der Waals surface area (Å²) in [5.41, 5.74) is 8.14. The number of nitrogen functional groups attached to an aromatic ring is 1. The summed E-state index contributed by atoms with van der Waals surface area (Å²) in [5, 5.41) is 0. The molecule has 0 aliphatic heterocycles. The summed E-state index contributed by atoms with van der Waals surface area (Å²) < 4.78 is 0. The number of nitrogens with zero attached hydrogens (tertiary/aromatic N) is 1. The lowest BCUT2D eigenvalue weighted by Gasteiger charge is -2.25. The van der Waals surface area contributed by atoms with E-state index in [1.165, 1.54) is 37.8 Å². The van der Waals surface area contributed by atoms with Gasteiger partial charge in [-0.15, -0.1) is 0 Å². The third-order valence-electron chi connectivity index (χ3n) is 3.05. The second-order valence-electron chi connectivity index (χ2n) is 4.61. The van der Waals surface area contributed by atoms with E-state index in [1.54, 1.807) is 0 Å². The van der Waals surface area contributed by atoms with Gasteiger partial charge in [-0.2, -0.15) is 0 Å². The van der Waals surface area contributed by atoms with Crippen LogP contribution >= 0.6 is 0 Å². The number of hydrogen-bond donors (Lipinski definition) is 1. The van der Waals surface area contributed by atoms with E-state index in [-0.39, 0.29) is 0 Å². The molecule has 17 heavy (non-hydrogen) atoms. The average Bonchev–Trinajstić information content (AvgIpc) is 2.34.